The molecule has 0 fully saturated rings. The highest BCUT2D eigenvalue weighted by atomic mass is 15.0. The van der Waals surface area contributed by atoms with E-state index in [1.807, 2.05) is 0 Å². The monoisotopic (exact) mass is 714 g/mol. The SMILES string of the molecule is C1=CC2Nc3c(-c4cccc(-n5c6ccccc6c6c(-c7ccccc7)c(-c7ccccc7)c(-c7ccccc7)c(-c7ccccc7)c65)c4)cccc3C2C=C1. The largest absolute Gasteiger partial charge is 0.377 e. The van der Waals surface area contributed by atoms with Gasteiger partial charge in [0.2, 0.25) is 0 Å². The smallest absolute Gasteiger partial charge is 0.0632 e. The van der Waals surface area contributed by atoms with Crippen LogP contribution in [0.2, 0.25) is 0 Å². The van der Waals surface area contributed by atoms with Crippen LogP contribution in [-0.2, 0) is 0 Å². The molecule has 2 aliphatic rings. The highest BCUT2D eigenvalue weighted by Crippen LogP contribution is 2.54. The first-order chi connectivity index (χ1) is 27.8. The summed E-state index contributed by atoms with van der Waals surface area (Å²) in [6.45, 7) is 0. The Bertz CT molecular complexity index is 2970. The fourth-order valence-corrected chi connectivity index (χ4v) is 9.33. The van der Waals surface area contributed by atoms with E-state index in [2.05, 4.69) is 222 Å². The number of nitrogens with one attached hydrogen (secondary N) is 1. The predicted molar refractivity (Wildman–Crippen MR) is 236 cm³/mol. The van der Waals surface area contributed by atoms with Gasteiger partial charge in [-0.3, -0.25) is 0 Å². The molecule has 11 rings (SSSR count). The lowest BCUT2D eigenvalue weighted by Gasteiger charge is -2.24. The molecule has 1 aliphatic heterocycles. The molecule has 2 heterocycles. The van der Waals surface area contributed by atoms with Crippen molar-refractivity contribution in [1.29, 1.82) is 0 Å². The van der Waals surface area contributed by atoms with E-state index in [9.17, 15) is 0 Å². The third-order valence-corrected chi connectivity index (χ3v) is 11.7. The number of rotatable bonds is 6. The molecule has 9 aromatic rings. The summed E-state index contributed by atoms with van der Waals surface area (Å²) in [5.41, 5.74) is 18.2. The van der Waals surface area contributed by atoms with Gasteiger partial charge in [0.25, 0.3) is 0 Å². The number of aromatic nitrogens is 1. The number of fused-ring (bicyclic) bond motifs is 6. The number of hydrogen-bond donors (Lipinski definition) is 1. The van der Waals surface area contributed by atoms with Crippen molar-refractivity contribution in [1.82, 2.24) is 4.57 Å². The summed E-state index contributed by atoms with van der Waals surface area (Å²) in [5, 5.41) is 6.35. The van der Waals surface area contributed by atoms with Crippen LogP contribution < -0.4 is 5.32 Å². The van der Waals surface area contributed by atoms with Gasteiger partial charge in [-0.1, -0.05) is 194 Å². The summed E-state index contributed by atoms with van der Waals surface area (Å²) in [4.78, 5) is 0. The average molecular weight is 715 g/mol. The van der Waals surface area contributed by atoms with E-state index in [1.165, 1.54) is 88.7 Å². The first kappa shape index (κ1) is 32.3. The zero-order valence-corrected chi connectivity index (χ0v) is 30.8. The molecule has 8 aromatic carbocycles. The van der Waals surface area contributed by atoms with Crippen LogP contribution >= 0.6 is 0 Å². The van der Waals surface area contributed by atoms with Gasteiger partial charge in [0.1, 0.15) is 0 Å². The van der Waals surface area contributed by atoms with Gasteiger partial charge in [-0.2, -0.15) is 0 Å². The van der Waals surface area contributed by atoms with Crippen LogP contribution in [0.4, 0.5) is 5.69 Å². The van der Waals surface area contributed by atoms with Crippen LogP contribution in [-0.4, -0.2) is 10.6 Å². The van der Waals surface area contributed by atoms with Gasteiger partial charge in [-0.25, -0.2) is 0 Å². The van der Waals surface area contributed by atoms with Crippen molar-refractivity contribution < 1.29 is 0 Å². The minimum absolute atomic E-state index is 0.275. The highest BCUT2D eigenvalue weighted by Gasteiger charge is 2.32. The Morgan fingerprint density at radius 1 is 0.429 bits per heavy atom. The molecule has 0 spiro atoms. The van der Waals surface area contributed by atoms with E-state index >= 15 is 0 Å². The summed E-state index contributed by atoms with van der Waals surface area (Å²) >= 11 is 0. The Hall–Kier alpha value is -7.16. The van der Waals surface area contributed by atoms with Crippen LogP contribution in [0.25, 0.3) is 83.1 Å². The molecule has 0 bridgehead atoms. The minimum Gasteiger partial charge on any atom is -0.377 e. The van der Waals surface area contributed by atoms with E-state index < -0.39 is 0 Å². The Morgan fingerprint density at radius 3 is 1.64 bits per heavy atom. The number of hydrogen-bond acceptors (Lipinski definition) is 1. The van der Waals surface area contributed by atoms with Crippen LogP contribution in [0.15, 0.2) is 212 Å². The topological polar surface area (TPSA) is 17.0 Å². The summed E-state index contributed by atoms with van der Waals surface area (Å²) in [6, 6.07) is 69.1. The Morgan fingerprint density at radius 2 is 0.964 bits per heavy atom. The molecule has 1 aliphatic carbocycles. The fourth-order valence-electron chi connectivity index (χ4n) is 9.33. The first-order valence-electron chi connectivity index (χ1n) is 19.5. The maximum absolute atomic E-state index is 3.88. The number of benzene rings is 8. The van der Waals surface area contributed by atoms with Crippen molar-refractivity contribution in [3.05, 3.63) is 218 Å². The molecule has 2 heteroatoms. The molecular formula is C54H38N2. The maximum Gasteiger partial charge on any atom is 0.0632 e. The normalized spacial score (nSPS) is 15.5. The molecule has 56 heavy (non-hydrogen) atoms. The van der Waals surface area contributed by atoms with Crippen molar-refractivity contribution in [3.63, 3.8) is 0 Å². The predicted octanol–water partition coefficient (Wildman–Crippen LogP) is 14.1. The fraction of sp³-hybridized carbons (Fsp3) is 0.0370. The van der Waals surface area contributed by atoms with Gasteiger partial charge >= 0.3 is 0 Å². The van der Waals surface area contributed by atoms with Gasteiger partial charge in [-0.05, 0) is 57.1 Å². The summed E-state index contributed by atoms with van der Waals surface area (Å²) in [5.74, 6) is 0.343. The third-order valence-electron chi connectivity index (χ3n) is 11.7. The van der Waals surface area contributed by atoms with Crippen LogP contribution in [0, 0.1) is 0 Å². The lowest BCUT2D eigenvalue weighted by molar-refractivity contribution is 0.805. The van der Waals surface area contributed by atoms with Gasteiger partial charge in [-0.15, -0.1) is 0 Å². The summed E-state index contributed by atoms with van der Waals surface area (Å²) in [7, 11) is 0. The van der Waals surface area contributed by atoms with Gasteiger partial charge in [0.05, 0.1) is 17.1 Å². The highest BCUT2D eigenvalue weighted by molar-refractivity contribution is 6.26. The van der Waals surface area contributed by atoms with Crippen LogP contribution in [0.3, 0.4) is 0 Å². The second-order valence-corrected chi connectivity index (χ2v) is 14.8. The van der Waals surface area contributed by atoms with Crippen molar-refractivity contribution in [3.8, 4) is 61.3 Å². The quantitative estimate of drug-likeness (QED) is 0.181. The van der Waals surface area contributed by atoms with E-state index in [4.69, 9.17) is 0 Å². The lowest BCUT2D eigenvalue weighted by atomic mass is 9.80. The molecule has 2 unspecified atom stereocenters. The summed E-state index contributed by atoms with van der Waals surface area (Å²) < 4.78 is 2.53. The molecule has 0 radical (unpaired) electrons. The van der Waals surface area contributed by atoms with Crippen molar-refractivity contribution in [2.24, 2.45) is 0 Å². The Balaban J connectivity index is 1.31. The lowest BCUT2D eigenvalue weighted by Crippen LogP contribution is -2.17. The minimum atomic E-state index is 0.275. The molecule has 2 atom stereocenters. The van der Waals surface area contributed by atoms with Crippen molar-refractivity contribution in [2.75, 3.05) is 5.32 Å². The zero-order valence-electron chi connectivity index (χ0n) is 30.8. The van der Waals surface area contributed by atoms with Gasteiger partial charge in [0, 0.05) is 50.3 Å². The number of anilines is 1. The molecule has 0 saturated carbocycles. The standard InChI is InChI=1S/C54H38N2/c1-5-19-36(20-6-1)48-49(37-21-7-2-8-22-37)51(39-25-11-4-12-26-39)54-52(50(48)38-23-9-3-10-24-38)45-30-14-16-34-47(45)56(54)41-28-17-27-40(35-41)42-31-18-32-44-43-29-13-15-33-46(43)55-53(42)44/h1-35,43,46,55H. The Labute approximate surface area is 327 Å². The van der Waals surface area contributed by atoms with E-state index in [-0.39, 0.29) is 6.04 Å². The molecule has 0 saturated heterocycles. The van der Waals surface area contributed by atoms with Crippen molar-refractivity contribution in [2.45, 2.75) is 12.0 Å². The van der Waals surface area contributed by atoms with Crippen LogP contribution in [0.1, 0.15) is 11.5 Å². The second-order valence-electron chi connectivity index (χ2n) is 14.8. The average Bonchev–Trinajstić information content (AvgIpc) is 3.83. The van der Waals surface area contributed by atoms with Gasteiger partial charge < -0.3 is 9.88 Å². The molecule has 2 nitrogen and oxygen atoms in total. The van der Waals surface area contributed by atoms with Gasteiger partial charge in [0.15, 0.2) is 0 Å². The van der Waals surface area contributed by atoms with E-state index in [1.54, 1.807) is 0 Å². The third kappa shape index (κ3) is 5.11. The second kappa shape index (κ2) is 13.3. The zero-order chi connectivity index (χ0) is 37.0. The molecule has 1 N–H and O–H groups in total. The summed E-state index contributed by atoms with van der Waals surface area (Å²) in [6.07, 6.45) is 8.94. The van der Waals surface area contributed by atoms with Crippen molar-refractivity contribution >= 4 is 27.5 Å². The molecule has 264 valence electrons. The molecule has 0 amide bonds. The van der Waals surface area contributed by atoms with E-state index in [0.29, 0.717) is 5.92 Å². The van der Waals surface area contributed by atoms with Crippen LogP contribution in [0.5, 0.6) is 0 Å². The maximum atomic E-state index is 3.88. The molecular weight excluding hydrogens is 677 g/mol. The molecule has 1 aromatic heterocycles. The number of nitrogens with zero attached hydrogens (tertiary/aromatic N) is 1. The number of allylic oxidation sites excluding steroid dienone is 2. The Kier molecular flexibility index (Phi) is 7.67. The van der Waals surface area contributed by atoms with E-state index in [0.717, 1.165) is 5.69 Å². The number of para-hydroxylation sites is 2. The first-order valence-corrected chi connectivity index (χ1v) is 19.5.